The highest BCUT2D eigenvalue weighted by Crippen LogP contribution is 2.33. The number of aromatic nitrogens is 1. The third-order valence-corrected chi connectivity index (χ3v) is 3.83. The summed E-state index contributed by atoms with van der Waals surface area (Å²) in [5.74, 6) is 0.861. The van der Waals surface area contributed by atoms with Crippen LogP contribution in [0, 0.1) is 6.92 Å². The van der Waals surface area contributed by atoms with E-state index in [1.54, 1.807) is 7.11 Å². The Kier molecular flexibility index (Phi) is 3.28. The van der Waals surface area contributed by atoms with Crippen molar-refractivity contribution in [2.24, 2.45) is 0 Å². The summed E-state index contributed by atoms with van der Waals surface area (Å²) in [5, 5.41) is 1.20. The fourth-order valence-electron chi connectivity index (χ4n) is 2.89. The van der Waals surface area contributed by atoms with Crippen molar-refractivity contribution in [3.05, 3.63) is 30.0 Å². The van der Waals surface area contributed by atoms with E-state index in [1.165, 1.54) is 30.3 Å². The molecule has 1 saturated heterocycles. The molecule has 0 atom stereocenters. The van der Waals surface area contributed by atoms with Crippen molar-refractivity contribution in [1.82, 2.24) is 4.98 Å². The summed E-state index contributed by atoms with van der Waals surface area (Å²) in [6, 6.07) is 8.38. The lowest BCUT2D eigenvalue weighted by molar-refractivity contribution is 0.419. The third kappa shape index (κ3) is 2.25. The van der Waals surface area contributed by atoms with E-state index in [-0.39, 0.29) is 0 Å². The van der Waals surface area contributed by atoms with Gasteiger partial charge in [-0.05, 0) is 38.3 Å². The summed E-state index contributed by atoms with van der Waals surface area (Å²) in [7, 11) is 1.71. The number of para-hydroxylation sites is 1. The van der Waals surface area contributed by atoms with Gasteiger partial charge in [-0.2, -0.15) is 0 Å². The van der Waals surface area contributed by atoms with Crippen molar-refractivity contribution >= 4 is 16.6 Å². The summed E-state index contributed by atoms with van der Waals surface area (Å²) >= 11 is 0. The number of hydrogen-bond acceptors (Lipinski definition) is 3. The van der Waals surface area contributed by atoms with Crippen molar-refractivity contribution in [1.29, 1.82) is 0 Å². The van der Waals surface area contributed by atoms with Gasteiger partial charge in [0.05, 0.1) is 7.11 Å². The minimum atomic E-state index is 0.861. The number of aryl methyl sites for hydroxylation is 1. The maximum Gasteiger partial charge on any atom is 0.145 e. The Morgan fingerprint density at radius 1 is 1.16 bits per heavy atom. The highest BCUT2D eigenvalue weighted by molar-refractivity contribution is 5.95. The van der Waals surface area contributed by atoms with Gasteiger partial charge in [0.15, 0.2) is 0 Å². The van der Waals surface area contributed by atoms with Gasteiger partial charge in [0.2, 0.25) is 0 Å². The summed E-state index contributed by atoms with van der Waals surface area (Å²) in [4.78, 5) is 7.14. The topological polar surface area (TPSA) is 25.4 Å². The first-order chi connectivity index (χ1) is 9.29. The molecule has 1 aromatic heterocycles. The van der Waals surface area contributed by atoms with Gasteiger partial charge in [0.25, 0.3) is 0 Å². The Morgan fingerprint density at radius 2 is 1.95 bits per heavy atom. The number of fused-ring (bicyclic) bond motifs is 1. The lowest BCUT2D eigenvalue weighted by atomic mass is 10.1. The molecule has 2 heterocycles. The molecule has 3 rings (SSSR count). The summed E-state index contributed by atoms with van der Waals surface area (Å²) in [6.07, 6.45) is 3.92. The number of piperidine rings is 1. The number of ether oxygens (including phenoxy) is 1. The van der Waals surface area contributed by atoms with Crippen LogP contribution in [0.4, 0.5) is 5.69 Å². The minimum Gasteiger partial charge on any atom is -0.494 e. The number of pyridine rings is 1. The lowest BCUT2D eigenvalue weighted by Gasteiger charge is -2.30. The van der Waals surface area contributed by atoms with Gasteiger partial charge in [-0.15, -0.1) is 0 Å². The zero-order valence-electron chi connectivity index (χ0n) is 11.6. The van der Waals surface area contributed by atoms with Crippen molar-refractivity contribution in [3.63, 3.8) is 0 Å². The lowest BCUT2D eigenvalue weighted by Crippen LogP contribution is -2.29. The van der Waals surface area contributed by atoms with Crippen LogP contribution >= 0.6 is 0 Å². The molecule has 1 aromatic carbocycles. The zero-order valence-corrected chi connectivity index (χ0v) is 11.6. The average molecular weight is 256 g/mol. The molecule has 0 aliphatic carbocycles. The first kappa shape index (κ1) is 12.3. The molecule has 0 radical (unpaired) electrons. The second kappa shape index (κ2) is 5.08. The molecule has 19 heavy (non-hydrogen) atoms. The Morgan fingerprint density at radius 3 is 2.68 bits per heavy atom. The van der Waals surface area contributed by atoms with Crippen LogP contribution in [0.1, 0.15) is 25.0 Å². The van der Waals surface area contributed by atoms with Crippen molar-refractivity contribution in [2.75, 3.05) is 25.1 Å². The fourth-order valence-corrected chi connectivity index (χ4v) is 2.89. The molecular weight excluding hydrogens is 236 g/mol. The monoisotopic (exact) mass is 256 g/mol. The second-order valence-corrected chi connectivity index (χ2v) is 5.19. The first-order valence-corrected chi connectivity index (χ1v) is 6.99. The van der Waals surface area contributed by atoms with Gasteiger partial charge < -0.3 is 9.64 Å². The summed E-state index contributed by atoms with van der Waals surface area (Å²) in [5.41, 5.74) is 3.34. The molecule has 0 saturated carbocycles. The van der Waals surface area contributed by atoms with Crippen molar-refractivity contribution in [3.8, 4) is 5.75 Å². The van der Waals surface area contributed by atoms with Gasteiger partial charge >= 0.3 is 0 Å². The van der Waals surface area contributed by atoms with E-state index in [0.29, 0.717) is 0 Å². The van der Waals surface area contributed by atoms with Crippen LogP contribution in [0.2, 0.25) is 0 Å². The molecule has 3 nitrogen and oxygen atoms in total. The van der Waals surface area contributed by atoms with Crippen LogP contribution in [-0.2, 0) is 0 Å². The van der Waals surface area contributed by atoms with E-state index in [4.69, 9.17) is 4.74 Å². The molecular formula is C16H20N2O. The summed E-state index contributed by atoms with van der Waals surface area (Å²) < 4.78 is 5.44. The van der Waals surface area contributed by atoms with E-state index in [0.717, 1.165) is 30.0 Å². The van der Waals surface area contributed by atoms with Crippen molar-refractivity contribution < 1.29 is 4.74 Å². The molecule has 0 bridgehead atoms. The van der Waals surface area contributed by atoms with Gasteiger partial charge in [-0.3, -0.25) is 0 Å². The maximum absolute atomic E-state index is 5.44. The predicted octanol–water partition coefficient (Wildman–Crippen LogP) is 3.54. The molecule has 0 N–H and O–H groups in total. The van der Waals surface area contributed by atoms with Crippen LogP contribution in [0.25, 0.3) is 10.9 Å². The molecule has 1 fully saturated rings. The molecule has 0 amide bonds. The van der Waals surface area contributed by atoms with E-state index in [9.17, 15) is 0 Å². The van der Waals surface area contributed by atoms with Crippen molar-refractivity contribution in [2.45, 2.75) is 26.2 Å². The van der Waals surface area contributed by atoms with Crippen LogP contribution in [-0.4, -0.2) is 25.2 Å². The van der Waals surface area contributed by atoms with Gasteiger partial charge in [-0.25, -0.2) is 4.98 Å². The Hall–Kier alpha value is -1.77. The number of rotatable bonds is 2. The number of methoxy groups -OCH3 is 1. The Bertz CT molecular complexity index is 589. The Labute approximate surface area is 114 Å². The van der Waals surface area contributed by atoms with Gasteiger partial charge in [0.1, 0.15) is 11.3 Å². The van der Waals surface area contributed by atoms with Crippen LogP contribution in [0.5, 0.6) is 5.75 Å². The number of benzene rings is 1. The molecule has 2 aromatic rings. The fraction of sp³-hybridized carbons (Fsp3) is 0.438. The second-order valence-electron chi connectivity index (χ2n) is 5.19. The van der Waals surface area contributed by atoms with Gasteiger partial charge in [0, 0.05) is 29.9 Å². The maximum atomic E-state index is 5.44. The molecule has 0 spiro atoms. The predicted molar refractivity (Wildman–Crippen MR) is 79.1 cm³/mol. The first-order valence-electron chi connectivity index (χ1n) is 6.99. The third-order valence-electron chi connectivity index (χ3n) is 3.83. The number of anilines is 1. The van der Waals surface area contributed by atoms with E-state index in [1.807, 2.05) is 12.1 Å². The van der Waals surface area contributed by atoms with Crippen LogP contribution in [0.3, 0.4) is 0 Å². The standard InChI is InChI=1S/C16H20N2O/c1-12-11-14(18-9-4-3-5-10-18)13-7-6-8-15(19-2)16(13)17-12/h6-8,11H,3-5,9-10H2,1-2H3. The summed E-state index contributed by atoms with van der Waals surface area (Å²) in [6.45, 7) is 4.35. The smallest absolute Gasteiger partial charge is 0.145 e. The number of nitrogens with zero attached hydrogens (tertiary/aromatic N) is 2. The molecule has 0 unspecified atom stereocenters. The molecule has 1 aliphatic rings. The highest BCUT2D eigenvalue weighted by Gasteiger charge is 2.16. The zero-order chi connectivity index (χ0) is 13.2. The van der Waals surface area contributed by atoms with Crippen LogP contribution in [0.15, 0.2) is 24.3 Å². The minimum absolute atomic E-state index is 0.861. The quantitative estimate of drug-likeness (QED) is 0.821. The number of hydrogen-bond donors (Lipinski definition) is 0. The molecule has 1 aliphatic heterocycles. The largest absolute Gasteiger partial charge is 0.494 e. The Balaban J connectivity index is 2.17. The van der Waals surface area contributed by atoms with E-state index < -0.39 is 0 Å². The van der Waals surface area contributed by atoms with Crippen LogP contribution < -0.4 is 9.64 Å². The SMILES string of the molecule is COc1cccc2c(N3CCCCC3)cc(C)nc12. The van der Waals surface area contributed by atoms with E-state index >= 15 is 0 Å². The van der Waals surface area contributed by atoms with E-state index in [2.05, 4.69) is 28.9 Å². The van der Waals surface area contributed by atoms with Gasteiger partial charge in [-0.1, -0.05) is 12.1 Å². The highest BCUT2D eigenvalue weighted by atomic mass is 16.5. The average Bonchev–Trinajstić information content (AvgIpc) is 2.46. The molecule has 100 valence electrons. The normalized spacial score (nSPS) is 15.8. The molecule has 3 heteroatoms.